The van der Waals surface area contributed by atoms with Crippen LogP contribution in [0.25, 0.3) is 0 Å². The minimum Gasteiger partial charge on any atom is -0.421 e. The quantitative estimate of drug-likeness (QED) is 0.336. The Hall–Kier alpha value is 0.354. The molecule has 0 aromatic rings. The molecule has 2 nitrogen and oxygen atoms in total. The zero-order valence-electron chi connectivity index (χ0n) is 14.5. The van der Waals surface area contributed by atoms with Crippen molar-refractivity contribution in [1.29, 1.82) is 0 Å². The minimum atomic E-state index is -0.235. The van der Waals surface area contributed by atoms with Crippen molar-refractivity contribution >= 4 is 19.5 Å². The first-order chi connectivity index (χ1) is 9.78. The molecule has 0 fully saturated rings. The Bertz CT molecular complexity index is 163. The number of rotatable bonds is 15. The van der Waals surface area contributed by atoms with Gasteiger partial charge in [0.2, 0.25) is 0 Å². The van der Waals surface area contributed by atoms with Crippen molar-refractivity contribution in [3.63, 3.8) is 0 Å². The van der Waals surface area contributed by atoms with E-state index in [1.807, 2.05) is 0 Å². The van der Waals surface area contributed by atoms with Crippen LogP contribution in [0.3, 0.4) is 0 Å². The SMILES string of the molecule is CCC(CC)O[SiH2]CCCCCC[SiH2]OC(CC)CC. The van der Waals surface area contributed by atoms with Gasteiger partial charge in [0.25, 0.3) is 0 Å². The molecule has 20 heavy (non-hydrogen) atoms. The van der Waals surface area contributed by atoms with Gasteiger partial charge in [-0.15, -0.1) is 0 Å². The van der Waals surface area contributed by atoms with Crippen LogP contribution >= 0.6 is 0 Å². The van der Waals surface area contributed by atoms with Gasteiger partial charge in [-0.25, -0.2) is 0 Å². The van der Waals surface area contributed by atoms with Crippen LogP contribution in [0.15, 0.2) is 0 Å². The fourth-order valence-electron chi connectivity index (χ4n) is 2.46. The van der Waals surface area contributed by atoms with Crippen molar-refractivity contribution in [3.8, 4) is 0 Å². The molecule has 0 aromatic carbocycles. The number of unbranched alkanes of at least 4 members (excludes halogenated alkanes) is 3. The van der Waals surface area contributed by atoms with Gasteiger partial charge in [-0.2, -0.15) is 0 Å². The van der Waals surface area contributed by atoms with Gasteiger partial charge in [0, 0.05) is 12.2 Å². The predicted molar refractivity (Wildman–Crippen MR) is 96.1 cm³/mol. The maximum absolute atomic E-state index is 5.96. The summed E-state index contributed by atoms with van der Waals surface area (Å²) >= 11 is 0. The van der Waals surface area contributed by atoms with E-state index in [9.17, 15) is 0 Å². The van der Waals surface area contributed by atoms with Crippen LogP contribution in [-0.4, -0.2) is 31.7 Å². The fourth-order valence-corrected chi connectivity index (χ4v) is 5.52. The Morgan fingerprint density at radius 3 is 1.25 bits per heavy atom. The predicted octanol–water partition coefficient (Wildman–Crippen LogP) is 3.96. The van der Waals surface area contributed by atoms with Crippen LogP contribution in [0.2, 0.25) is 12.1 Å². The van der Waals surface area contributed by atoms with Crippen molar-refractivity contribution in [2.45, 2.75) is 103 Å². The zero-order chi connectivity index (χ0) is 15.1. The molecule has 0 amide bonds. The molecule has 0 N–H and O–H groups in total. The van der Waals surface area contributed by atoms with E-state index < -0.39 is 0 Å². The highest BCUT2D eigenvalue weighted by molar-refractivity contribution is 6.27. The first kappa shape index (κ1) is 20.4. The molecule has 0 aliphatic rings. The van der Waals surface area contributed by atoms with Crippen LogP contribution < -0.4 is 0 Å². The summed E-state index contributed by atoms with van der Waals surface area (Å²) in [5.74, 6) is 0. The first-order valence-corrected chi connectivity index (χ1v) is 12.2. The fraction of sp³-hybridized carbons (Fsp3) is 1.00. The van der Waals surface area contributed by atoms with Crippen LogP contribution in [0, 0.1) is 0 Å². The Morgan fingerprint density at radius 2 is 0.950 bits per heavy atom. The molecule has 122 valence electrons. The van der Waals surface area contributed by atoms with E-state index in [0.717, 1.165) is 0 Å². The van der Waals surface area contributed by atoms with Gasteiger partial charge in [-0.3, -0.25) is 0 Å². The lowest BCUT2D eigenvalue weighted by Crippen LogP contribution is -2.13. The van der Waals surface area contributed by atoms with Gasteiger partial charge >= 0.3 is 0 Å². The van der Waals surface area contributed by atoms with E-state index in [2.05, 4.69) is 27.7 Å². The average Bonchev–Trinajstić information content (AvgIpc) is 2.49. The molecular formula is C16H38O2Si2. The number of hydrogen-bond donors (Lipinski definition) is 0. The monoisotopic (exact) mass is 318 g/mol. The summed E-state index contributed by atoms with van der Waals surface area (Å²) in [4.78, 5) is 0. The van der Waals surface area contributed by atoms with Crippen molar-refractivity contribution in [1.82, 2.24) is 0 Å². The van der Waals surface area contributed by atoms with E-state index >= 15 is 0 Å². The molecule has 0 heterocycles. The van der Waals surface area contributed by atoms with Crippen molar-refractivity contribution in [3.05, 3.63) is 0 Å². The summed E-state index contributed by atoms with van der Waals surface area (Å²) in [6.45, 7) is 8.93. The van der Waals surface area contributed by atoms with Crippen LogP contribution in [0.5, 0.6) is 0 Å². The van der Waals surface area contributed by atoms with Crippen LogP contribution in [0.1, 0.15) is 79.1 Å². The molecule has 0 spiro atoms. The van der Waals surface area contributed by atoms with E-state index in [1.54, 1.807) is 0 Å². The molecule has 4 heteroatoms. The second-order valence-electron chi connectivity index (χ2n) is 5.74. The lowest BCUT2D eigenvalue weighted by atomic mass is 10.2. The molecule has 0 aliphatic heterocycles. The molecule has 0 atom stereocenters. The van der Waals surface area contributed by atoms with E-state index in [1.165, 1.54) is 63.5 Å². The van der Waals surface area contributed by atoms with E-state index in [4.69, 9.17) is 8.85 Å². The second-order valence-corrected chi connectivity index (χ2v) is 8.64. The van der Waals surface area contributed by atoms with Gasteiger partial charge in [0.05, 0.1) is 0 Å². The van der Waals surface area contributed by atoms with Gasteiger partial charge in [0.15, 0.2) is 19.5 Å². The highest BCUT2D eigenvalue weighted by atomic mass is 28.2. The van der Waals surface area contributed by atoms with Crippen LogP contribution in [0.4, 0.5) is 0 Å². The first-order valence-electron chi connectivity index (χ1n) is 9.01. The summed E-state index contributed by atoms with van der Waals surface area (Å²) in [6, 6.07) is 2.75. The number of hydrogen-bond acceptors (Lipinski definition) is 2. The molecule has 0 rings (SSSR count). The van der Waals surface area contributed by atoms with Gasteiger partial charge in [0.1, 0.15) is 0 Å². The maximum atomic E-state index is 5.96. The molecule has 0 saturated carbocycles. The molecular weight excluding hydrogens is 280 g/mol. The van der Waals surface area contributed by atoms with Gasteiger partial charge in [-0.1, -0.05) is 53.4 Å². The van der Waals surface area contributed by atoms with Crippen molar-refractivity contribution < 1.29 is 8.85 Å². The van der Waals surface area contributed by atoms with Gasteiger partial charge < -0.3 is 8.85 Å². The lowest BCUT2D eigenvalue weighted by Gasteiger charge is -2.14. The maximum Gasteiger partial charge on any atom is 0.161 e. The molecule has 0 unspecified atom stereocenters. The third-order valence-corrected chi connectivity index (χ3v) is 7.06. The standard InChI is InChI=1S/C16H38O2Si2/c1-5-15(6-2)17-19-13-11-9-10-12-14-20-18-16(7-3)8-4/h15-16H,5-14,19-20H2,1-4H3. The summed E-state index contributed by atoms with van der Waals surface area (Å²) in [6.07, 6.45) is 11.4. The van der Waals surface area contributed by atoms with Crippen molar-refractivity contribution in [2.24, 2.45) is 0 Å². The molecule has 0 aliphatic carbocycles. The Balaban J connectivity index is 3.17. The summed E-state index contributed by atoms with van der Waals surface area (Å²) < 4.78 is 11.9. The smallest absolute Gasteiger partial charge is 0.161 e. The average molecular weight is 319 g/mol. The molecule has 0 bridgehead atoms. The van der Waals surface area contributed by atoms with Gasteiger partial charge in [-0.05, 0) is 37.8 Å². The summed E-state index contributed by atoms with van der Waals surface area (Å²) in [5.41, 5.74) is 0. The molecule has 0 saturated heterocycles. The summed E-state index contributed by atoms with van der Waals surface area (Å²) in [5, 5.41) is 0. The van der Waals surface area contributed by atoms with E-state index in [0.29, 0.717) is 12.2 Å². The summed E-state index contributed by atoms with van der Waals surface area (Å²) in [7, 11) is -0.470. The highest BCUT2D eigenvalue weighted by Crippen LogP contribution is 2.09. The molecule has 0 radical (unpaired) electrons. The third-order valence-electron chi connectivity index (χ3n) is 4.07. The van der Waals surface area contributed by atoms with Crippen LogP contribution in [-0.2, 0) is 8.85 Å². The normalized spacial score (nSPS) is 12.9. The molecule has 0 aromatic heterocycles. The van der Waals surface area contributed by atoms with E-state index in [-0.39, 0.29) is 19.5 Å². The lowest BCUT2D eigenvalue weighted by molar-refractivity contribution is 0.201. The minimum absolute atomic E-state index is 0.235. The Labute approximate surface area is 132 Å². The topological polar surface area (TPSA) is 18.5 Å². The third kappa shape index (κ3) is 12.1. The highest BCUT2D eigenvalue weighted by Gasteiger charge is 2.03. The second kappa shape index (κ2) is 15.7. The Kier molecular flexibility index (Phi) is 16.0. The largest absolute Gasteiger partial charge is 0.421 e. The van der Waals surface area contributed by atoms with Crippen molar-refractivity contribution in [2.75, 3.05) is 0 Å². The zero-order valence-corrected chi connectivity index (χ0v) is 17.3. The Morgan fingerprint density at radius 1 is 0.600 bits per heavy atom.